The molecule has 0 fully saturated rings. The first-order valence-electron chi connectivity index (χ1n) is 11.1. The van der Waals surface area contributed by atoms with Gasteiger partial charge in [-0.3, -0.25) is 9.36 Å². The van der Waals surface area contributed by atoms with Crippen LogP contribution in [0.2, 0.25) is 0 Å². The third-order valence-electron chi connectivity index (χ3n) is 5.53. The van der Waals surface area contributed by atoms with E-state index in [-0.39, 0.29) is 17.6 Å². The lowest BCUT2D eigenvalue weighted by molar-refractivity contribution is 0.284. The Morgan fingerprint density at radius 3 is 2.47 bits per heavy atom. The molecular formula is C26H29N5O3. The van der Waals surface area contributed by atoms with Crippen LogP contribution in [0.1, 0.15) is 55.1 Å². The van der Waals surface area contributed by atoms with Gasteiger partial charge >= 0.3 is 0 Å². The molecule has 0 aliphatic rings. The molecule has 0 saturated carbocycles. The Morgan fingerprint density at radius 2 is 1.79 bits per heavy atom. The Morgan fingerprint density at radius 1 is 1.03 bits per heavy atom. The Bertz CT molecular complexity index is 1410. The summed E-state index contributed by atoms with van der Waals surface area (Å²) in [7, 11) is 0. The van der Waals surface area contributed by atoms with Gasteiger partial charge < -0.3 is 9.15 Å². The normalized spacial score (nSPS) is 11.6. The van der Waals surface area contributed by atoms with Crippen LogP contribution in [-0.2, 0) is 12.0 Å². The fourth-order valence-electron chi connectivity index (χ4n) is 3.62. The Labute approximate surface area is 198 Å². The minimum atomic E-state index is -0.183. The summed E-state index contributed by atoms with van der Waals surface area (Å²) in [6.45, 7) is 13.7. The smallest absolute Gasteiger partial charge is 0.264 e. The maximum absolute atomic E-state index is 13.4. The fraction of sp³-hybridized carbons (Fsp3) is 0.346. The molecule has 0 bridgehead atoms. The van der Waals surface area contributed by atoms with E-state index in [1.54, 1.807) is 31.5 Å². The zero-order valence-corrected chi connectivity index (χ0v) is 20.6. The zero-order chi connectivity index (χ0) is 24.6. The van der Waals surface area contributed by atoms with E-state index in [2.05, 4.69) is 35.7 Å². The summed E-state index contributed by atoms with van der Waals surface area (Å²) in [6, 6.07) is 7.84. The molecule has 0 aliphatic carbocycles. The van der Waals surface area contributed by atoms with Crippen LogP contribution in [0.15, 0.2) is 45.9 Å². The molecule has 0 unspecified atom stereocenters. The van der Waals surface area contributed by atoms with Gasteiger partial charge in [-0.2, -0.15) is 4.98 Å². The summed E-state index contributed by atoms with van der Waals surface area (Å²) in [5.41, 5.74) is 4.13. The molecule has 3 heterocycles. The third-order valence-corrected chi connectivity index (χ3v) is 5.53. The molecule has 8 nitrogen and oxygen atoms in total. The van der Waals surface area contributed by atoms with Crippen LogP contribution < -0.4 is 10.3 Å². The van der Waals surface area contributed by atoms with Crippen molar-refractivity contribution >= 4 is 0 Å². The lowest BCUT2D eigenvalue weighted by atomic mass is 9.95. The van der Waals surface area contributed by atoms with Gasteiger partial charge in [0.2, 0.25) is 5.88 Å². The lowest BCUT2D eigenvalue weighted by Gasteiger charge is -2.18. The molecule has 0 spiro atoms. The average molecular weight is 460 g/mol. The van der Waals surface area contributed by atoms with Crippen molar-refractivity contribution in [2.24, 2.45) is 0 Å². The SMILES string of the molecule is Cc1nc(COc2nc(C)n(-c3cc(-c4ccnc(C(C)(C)C)n4)ccc3C)c(=O)c2C)co1. The molecule has 0 N–H and O–H groups in total. The van der Waals surface area contributed by atoms with Gasteiger partial charge in [-0.1, -0.05) is 32.9 Å². The van der Waals surface area contributed by atoms with Gasteiger partial charge in [0, 0.05) is 24.1 Å². The molecule has 0 amide bonds. The van der Waals surface area contributed by atoms with Crippen molar-refractivity contribution in [3.05, 3.63) is 81.4 Å². The molecule has 176 valence electrons. The van der Waals surface area contributed by atoms with E-state index in [0.29, 0.717) is 28.9 Å². The number of oxazole rings is 1. The van der Waals surface area contributed by atoms with Crippen molar-refractivity contribution in [3.63, 3.8) is 0 Å². The van der Waals surface area contributed by atoms with Gasteiger partial charge in [-0.25, -0.2) is 15.0 Å². The summed E-state index contributed by atoms with van der Waals surface area (Å²) >= 11 is 0. The largest absolute Gasteiger partial charge is 0.471 e. The lowest BCUT2D eigenvalue weighted by Crippen LogP contribution is -2.26. The maximum atomic E-state index is 13.4. The highest BCUT2D eigenvalue weighted by Gasteiger charge is 2.19. The Hall–Kier alpha value is -3.81. The van der Waals surface area contributed by atoms with Crippen LogP contribution in [-0.4, -0.2) is 24.5 Å². The molecular weight excluding hydrogens is 430 g/mol. The topological polar surface area (TPSA) is 95.9 Å². The van der Waals surface area contributed by atoms with E-state index >= 15 is 0 Å². The van der Waals surface area contributed by atoms with Crippen molar-refractivity contribution in [1.29, 1.82) is 0 Å². The van der Waals surface area contributed by atoms with Gasteiger partial charge in [-0.15, -0.1) is 0 Å². The molecule has 1 aromatic carbocycles. The number of aromatic nitrogens is 5. The minimum absolute atomic E-state index is 0.168. The summed E-state index contributed by atoms with van der Waals surface area (Å²) in [5.74, 6) is 2.14. The van der Waals surface area contributed by atoms with E-state index in [1.165, 1.54) is 6.26 Å². The van der Waals surface area contributed by atoms with E-state index in [0.717, 1.165) is 28.3 Å². The second-order valence-corrected chi connectivity index (χ2v) is 9.39. The number of nitrogens with zero attached hydrogens (tertiary/aromatic N) is 5. The first-order chi connectivity index (χ1) is 16.0. The number of rotatable bonds is 5. The monoisotopic (exact) mass is 459 g/mol. The van der Waals surface area contributed by atoms with E-state index in [1.807, 2.05) is 31.2 Å². The van der Waals surface area contributed by atoms with Crippen molar-refractivity contribution in [1.82, 2.24) is 24.5 Å². The molecule has 0 aliphatic heterocycles. The van der Waals surface area contributed by atoms with Crippen LogP contribution in [0.25, 0.3) is 16.9 Å². The van der Waals surface area contributed by atoms with Crippen LogP contribution >= 0.6 is 0 Å². The number of ether oxygens (including phenoxy) is 1. The highest BCUT2D eigenvalue weighted by atomic mass is 16.5. The fourth-order valence-corrected chi connectivity index (χ4v) is 3.62. The van der Waals surface area contributed by atoms with Crippen LogP contribution in [0.5, 0.6) is 5.88 Å². The maximum Gasteiger partial charge on any atom is 0.264 e. The van der Waals surface area contributed by atoms with Crippen LogP contribution in [0.3, 0.4) is 0 Å². The van der Waals surface area contributed by atoms with E-state index in [4.69, 9.17) is 14.1 Å². The van der Waals surface area contributed by atoms with E-state index < -0.39 is 0 Å². The van der Waals surface area contributed by atoms with Gasteiger partial charge in [0.15, 0.2) is 5.89 Å². The van der Waals surface area contributed by atoms with Gasteiger partial charge in [0.25, 0.3) is 5.56 Å². The number of aryl methyl sites for hydroxylation is 3. The van der Waals surface area contributed by atoms with E-state index in [9.17, 15) is 4.79 Å². The molecule has 4 aromatic rings. The molecule has 34 heavy (non-hydrogen) atoms. The Balaban J connectivity index is 1.73. The highest BCUT2D eigenvalue weighted by molar-refractivity contribution is 5.64. The highest BCUT2D eigenvalue weighted by Crippen LogP contribution is 2.26. The molecule has 8 heteroatoms. The van der Waals surface area contributed by atoms with Gasteiger partial charge in [-0.05, 0) is 38.5 Å². The first kappa shape index (κ1) is 23.4. The Kier molecular flexibility index (Phi) is 6.08. The van der Waals surface area contributed by atoms with Crippen LogP contribution in [0.4, 0.5) is 0 Å². The molecule has 0 radical (unpaired) electrons. The average Bonchev–Trinajstić information content (AvgIpc) is 3.21. The molecule has 0 saturated heterocycles. The molecule has 4 rings (SSSR count). The number of hydrogen-bond donors (Lipinski definition) is 0. The first-order valence-corrected chi connectivity index (χ1v) is 11.1. The zero-order valence-electron chi connectivity index (χ0n) is 20.6. The predicted octanol–water partition coefficient (Wildman–Crippen LogP) is 4.79. The minimum Gasteiger partial charge on any atom is -0.471 e. The van der Waals surface area contributed by atoms with Crippen molar-refractivity contribution in [3.8, 4) is 22.8 Å². The predicted molar refractivity (Wildman–Crippen MR) is 129 cm³/mol. The number of hydrogen-bond acceptors (Lipinski definition) is 7. The quantitative estimate of drug-likeness (QED) is 0.423. The second-order valence-electron chi connectivity index (χ2n) is 9.39. The number of benzene rings is 1. The molecule has 3 aromatic heterocycles. The van der Waals surface area contributed by atoms with Crippen LogP contribution in [0, 0.1) is 27.7 Å². The van der Waals surface area contributed by atoms with Crippen molar-refractivity contribution in [2.75, 3.05) is 0 Å². The van der Waals surface area contributed by atoms with Gasteiger partial charge in [0.1, 0.15) is 30.2 Å². The summed E-state index contributed by atoms with van der Waals surface area (Å²) < 4.78 is 12.6. The van der Waals surface area contributed by atoms with Crippen molar-refractivity contribution in [2.45, 2.75) is 60.5 Å². The van der Waals surface area contributed by atoms with Gasteiger partial charge in [0.05, 0.1) is 16.9 Å². The summed E-state index contributed by atoms with van der Waals surface area (Å²) in [6.07, 6.45) is 3.31. The van der Waals surface area contributed by atoms with Crippen molar-refractivity contribution < 1.29 is 9.15 Å². The molecule has 0 atom stereocenters. The summed E-state index contributed by atoms with van der Waals surface area (Å²) in [5, 5.41) is 0. The summed E-state index contributed by atoms with van der Waals surface area (Å²) in [4.78, 5) is 31.4. The standard InChI is InChI=1S/C26H29N5O3/c1-15-8-9-19(21-10-11-27-25(30-21)26(5,6)7)12-22(15)31-17(3)28-23(16(2)24(31)32)34-14-20-13-33-18(4)29-20/h8-13H,14H2,1-7H3. The third kappa shape index (κ3) is 4.62. The second kappa shape index (κ2) is 8.85.